The summed E-state index contributed by atoms with van der Waals surface area (Å²) in [6.07, 6.45) is 2.60. The molecule has 0 spiro atoms. The van der Waals surface area contributed by atoms with Crippen molar-refractivity contribution < 1.29 is 0 Å². The molecule has 2 rings (SSSR count). The van der Waals surface area contributed by atoms with E-state index < -0.39 is 0 Å². The number of halogens is 1. The van der Waals surface area contributed by atoms with Gasteiger partial charge in [-0.05, 0) is 30.7 Å². The number of rotatable bonds is 5. The summed E-state index contributed by atoms with van der Waals surface area (Å²) in [5.74, 6) is 0.817. The maximum absolute atomic E-state index is 5.87. The molecule has 0 saturated carbocycles. The number of nitrogens with one attached hydrogen (secondary N) is 1. The van der Waals surface area contributed by atoms with Crippen LogP contribution in [0.2, 0.25) is 4.34 Å². The topological polar surface area (TPSA) is 50.9 Å². The largest absolute Gasteiger partial charge is 0.389 e. The predicted molar refractivity (Wildman–Crippen MR) is 81.6 cm³/mol. The van der Waals surface area contributed by atoms with Crippen LogP contribution in [-0.2, 0) is 6.42 Å². The number of aromatic nitrogens is 1. The second-order valence-electron chi connectivity index (χ2n) is 3.68. The monoisotopic (exact) mass is 297 g/mol. The van der Waals surface area contributed by atoms with Gasteiger partial charge in [0.1, 0.15) is 10.8 Å². The van der Waals surface area contributed by atoms with Crippen LogP contribution >= 0.6 is 35.2 Å². The smallest absolute Gasteiger partial charge is 0.125 e. The Balaban J connectivity index is 1.85. The van der Waals surface area contributed by atoms with Gasteiger partial charge in [0.15, 0.2) is 0 Å². The highest BCUT2D eigenvalue weighted by atomic mass is 35.5. The van der Waals surface area contributed by atoms with Crippen LogP contribution in [0.25, 0.3) is 0 Å². The zero-order chi connectivity index (χ0) is 13.0. The van der Waals surface area contributed by atoms with Gasteiger partial charge >= 0.3 is 0 Å². The van der Waals surface area contributed by atoms with Crippen LogP contribution in [0.4, 0.5) is 5.82 Å². The molecule has 0 radical (unpaired) electrons. The summed E-state index contributed by atoms with van der Waals surface area (Å²) in [6.45, 7) is 0.816. The average Bonchev–Trinajstić information content (AvgIpc) is 2.76. The van der Waals surface area contributed by atoms with E-state index in [1.165, 1.54) is 4.88 Å². The first kappa shape index (κ1) is 13.3. The molecule has 0 aliphatic rings. The first-order chi connectivity index (χ1) is 8.65. The van der Waals surface area contributed by atoms with Crippen LogP contribution in [0.15, 0.2) is 30.5 Å². The molecule has 0 aliphatic heterocycles. The number of thiocarbonyl (C=S) groups is 1. The Labute approximate surface area is 120 Å². The van der Waals surface area contributed by atoms with Gasteiger partial charge < -0.3 is 11.1 Å². The first-order valence-corrected chi connectivity index (χ1v) is 6.99. The van der Waals surface area contributed by atoms with Gasteiger partial charge in [-0.3, -0.25) is 0 Å². The molecule has 2 aromatic rings. The molecule has 94 valence electrons. The minimum absolute atomic E-state index is 0.363. The molecule has 0 atom stereocenters. The SMILES string of the molecule is NC(=S)c1ccc(NCCc2ccc(Cl)s2)nc1. The van der Waals surface area contributed by atoms with Gasteiger partial charge in [0.2, 0.25) is 0 Å². The molecule has 0 bridgehead atoms. The molecule has 0 fully saturated rings. The van der Waals surface area contributed by atoms with Crippen molar-refractivity contribution in [2.75, 3.05) is 11.9 Å². The maximum Gasteiger partial charge on any atom is 0.125 e. The molecule has 2 aromatic heterocycles. The lowest BCUT2D eigenvalue weighted by molar-refractivity contribution is 1.03. The Kier molecular flexibility index (Phi) is 4.52. The van der Waals surface area contributed by atoms with Crippen molar-refractivity contribution in [3.8, 4) is 0 Å². The van der Waals surface area contributed by atoms with Crippen LogP contribution in [-0.4, -0.2) is 16.5 Å². The van der Waals surface area contributed by atoms with Crippen LogP contribution in [0.1, 0.15) is 10.4 Å². The normalized spacial score (nSPS) is 10.3. The van der Waals surface area contributed by atoms with Gasteiger partial charge in [0.25, 0.3) is 0 Å². The molecule has 0 aromatic carbocycles. The summed E-state index contributed by atoms with van der Waals surface area (Å²) in [7, 11) is 0. The molecule has 0 aliphatic carbocycles. The first-order valence-electron chi connectivity index (χ1n) is 5.39. The van der Waals surface area contributed by atoms with E-state index in [-0.39, 0.29) is 0 Å². The van der Waals surface area contributed by atoms with E-state index in [2.05, 4.69) is 10.3 Å². The van der Waals surface area contributed by atoms with E-state index >= 15 is 0 Å². The summed E-state index contributed by atoms with van der Waals surface area (Å²) in [5.41, 5.74) is 6.28. The van der Waals surface area contributed by atoms with E-state index in [4.69, 9.17) is 29.6 Å². The molecule has 6 heteroatoms. The highest BCUT2D eigenvalue weighted by Crippen LogP contribution is 2.21. The Hall–Kier alpha value is -1.17. The second-order valence-corrected chi connectivity index (χ2v) is 5.92. The van der Waals surface area contributed by atoms with Crippen molar-refractivity contribution >= 4 is 46.0 Å². The number of hydrogen-bond donors (Lipinski definition) is 2. The van der Waals surface area contributed by atoms with Crippen molar-refractivity contribution in [3.63, 3.8) is 0 Å². The van der Waals surface area contributed by atoms with Crippen molar-refractivity contribution in [2.24, 2.45) is 5.73 Å². The summed E-state index contributed by atoms with van der Waals surface area (Å²) in [4.78, 5) is 5.85. The zero-order valence-corrected chi connectivity index (χ0v) is 11.9. The number of nitrogens with zero attached hydrogens (tertiary/aromatic N) is 1. The Bertz CT molecular complexity index is 537. The molecule has 3 nitrogen and oxygen atoms in total. The minimum Gasteiger partial charge on any atom is -0.389 e. The quantitative estimate of drug-likeness (QED) is 0.833. The Morgan fingerprint density at radius 3 is 2.78 bits per heavy atom. The summed E-state index contributed by atoms with van der Waals surface area (Å²) < 4.78 is 0.823. The zero-order valence-electron chi connectivity index (χ0n) is 9.52. The maximum atomic E-state index is 5.87. The number of nitrogens with two attached hydrogens (primary N) is 1. The Morgan fingerprint density at radius 1 is 1.39 bits per heavy atom. The minimum atomic E-state index is 0.363. The predicted octanol–water partition coefficient (Wildman–Crippen LogP) is 3.09. The second kappa shape index (κ2) is 6.13. The number of anilines is 1. The Morgan fingerprint density at radius 2 is 2.22 bits per heavy atom. The molecule has 0 unspecified atom stereocenters. The fraction of sp³-hybridized carbons (Fsp3) is 0.167. The molecule has 18 heavy (non-hydrogen) atoms. The van der Waals surface area contributed by atoms with Crippen molar-refractivity contribution in [1.29, 1.82) is 0 Å². The molecule has 3 N–H and O–H groups in total. The van der Waals surface area contributed by atoms with Crippen molar-refractivity contribution in [3.05, 3.63) is 45.2 Å². The van der Waals surface area contributed by atoms with Crippen LogP contribution in [0.5, 0.6) is 0 Å². The van der Waals surface area contributed by atoms with Gasteiger partial charge in [0.05, 0.1) is 4.34 Å². The molecular weight excluding hydrogens is 286 g/mol. The summed E-state index contributed by atoms with van der Waals surface area (Å²) in [5, 5.41) is 3.24. The third-order valence-electron chi connectivity index (χ3n) is 2.35. The summed E-state index contributed by atoms with van der Waals surface area (Å²) in [6, 6.07) is 7.68. The van der Waals surface area contributed by atoms with Crippen LogP contribution in [0.3, 0.4) is 0 Å². The number of hydrogen-bond acceptors (Lipinski definition) is 4. The summed E-state index contributed by atoms with van der Waals surface area (Å²) >= 11 is 12.3. The van der Waals surface area contributed by atoms with Gasteiger partial charge in [0, 0.05) is 23.2 Å². The lowest BCUT2D eigenvalue weighted by Crippen LogP contribution is -2.10. The molecular formula is C12H12ClN3S2. The standard InChI is InChI=1S/C12H12ClN3S2/c13-10-3-2-9(18-10)5-6-15-11-4-1-8(7-16-11)12(14)17/h1-4,7H,5-6H2,(H2,14,17)(H,15,16). The van der Waals surface area contributed by atoms with Crippen molar-refractivity contribution in [2.45, 2.75) is 6.42 Å². The van der Waals surface area contributed by atoms with E-state index in [1.54, 1.807) is 17.5 Å². The third kappa shape index (κ3) is 3.66. The van der Waals surface area contributed by atoms with Gasteiger partial charge in [-0.15, -0.1) is 11.3 Å². The van der Waals surface area contributed by atoms with Crippen LogP contribution < -0.4 is 11.1 Å². The third-order valence-corrected chi connectivity index (χ3v) is 3.88. The van der Waals surface area contributed by atoms with E-state index in [1.807, 2.05) is 24.3 Å². The van der Waals surface area contributed by atoms with Gasteiger partial charge in [-0.2, -0.15) is 0 Å². The van der Waals surface area contributed by atoms with E-state index in [0.29, 0.717) is 4.99 Å². The number of thiophene rings is 1. The van der Waals surface area contributed by atoms with Crippen LogP contribution in [0, 0.1) is 0 Å². The fourth-order valence-corrected chi connectivity index (χ4v) is 2.65. The highest BCUT2D eigenvalue weighted by molar-refractivity contribution is 7.80. The number of pyridine rings is 1. The van der Waals surface area contributed by atoms with Gasteiger partial charge in [-0.1, -0.05) is 23.8 Å². The molecule has 0 amide bonds. The molecule has 0 saturated heterocycles. The average molecular weight is 298 g/mol. The van der Waals surface area contributed by atoms with Gasteiger partial charge in [-0.25, -0.2) is 4.98 Å². The fourth-order valence-electron chi connectivity index (χ4n) is 1.44. The molecule has 2 heterocycles. The van der Waals surface area contributed by atoms with E-state index in [9.17, 15) is 0 Å². The van der Waals surface area contributed by atoms with E-state index in [0.717, 1.165) is 28.7 Å². The highest BCUT2D eigenvalue weighted by Gasteiger charge is 2.00. The lowest BCUT2D eigenvalue weighted by atomic mass is 10.3. The van der Waals surface area contributed by atoms with Crippen molar-refractivity contribution in [1.82, 2.24) is 4.98 Å². The lowest BCUT2D eigenvalue weighted by Gasteiger charge is -2.05.